The van der Waals surface area contributed by atoms with E-state index in [1.165, 1.54) is 5.38 Å². The van der Waals surface area contributed by atoms with E-state index in [-0.39, 0.29) is 27.7 Å². The van der Waals surface area contributed by atoms with E-state index >= 15 is 0 Å². The lowest BCUT2D eigenvalue weighted by Crippen LogP contribution is -2.34. The summed E-state index contributed by atoms with van der Waals surface area (Å²) in [4.78, 5) is 46.5. The fourth-order valence-electron chi connectivity index (χ4n) is 4.41. The number of carbonyl (C=O) groups is 1. The van der Waals surface area contributed by atoms with Crippen LogP contribution in [0.4, 0.5) is 19.0 Å². The lowest BCUT2D eigenvalue weighted by Gasteiger charge is -2.27. The Balaban J connectivity index is 1.22. The van der Waals surface area contributed by atoms with Crippen molar-refractivity contribution in [3.63, 3.8) is 0 Å². The molecule has 3 aromatic heterocycles. The van der Waals surface area contributed by atoms with Crippen molar-refractivity contribution in [1.82, 2.24) is 24.5 Å². The molecular formula is C20H24F3N7O12P2S. The molecule has 2 fully saturated rings. The van der Waals surface area contributed by atoms with Crippen LogP contribution in [0.2, 0.25) is 0 Å². The number of hydrogen-bond acceptors (Lipinski definition) is 16. The van der Waals surface area contributed by atoms with E-state index in [9.17, 15) is 52.2 Å². The Bertz CT molecular complexity index is 1680. The summed E-state index contributed by atoms with van der Waals surface area (Å²) in [6, 6.07) is 0. The van der Waals surface area contributed by atoms with E-state index in [1.54, 1.807) is 0 Å². The lowest BCUT2D eigenvalue weighted by molar-refractivity contribution is -0.0465. The molecule has 0 saturated carbocycles. The normalized spacial score (nSPS) is 31.6. The summed E-state index contributed by atoms with van der Waals surface area (Å²) in [7, 11) is -12.9. The maximum Gasteiger partial charge on any atom is 0.443 e. The number of imidazole rings is 1. The predicted octanol–water partition coefficient (Wildman–Crippen LogP) is -0.624. The number of alkyl halides is 3. The van der Waals surface area contributed by atoms with E-state index in [0.29, 0.717) is 0 Å². The average molecular weight is 705 g/mol. The number of nitrogen functional groups attached to an aromatic ring is 1. The molecule has 9 N–H and O–H groups in total. The third-order valence-electron chi connectivity index (χ3n) is 6.84. The van der Waals surface area contributed by atoms with Crippen LogP contribution in [-0.2, 0) is 27.7 Å². The van der Waals surface area contributed by atoms with Crippen molar-refractivity contribution in [2.75, 3.05) is 18.9 Å². The number of amides is 1. The Morgan fingerprint density at radius 3 is 2.27 bits per heavy atom. The van der Waals surface area contributed by atoms with Crippen molar-refractivity contribution in [3.8, 4) is 0 Å². The second kappa shape index (κ2) is 12.2. The van der Waals surface area contributed by atoms with Gasteiger partial charge in [-0.3, -0.25) is 18.5 Å². The van der Waals surface area contributed by atoms with Gasteiger partial charge in [-0.1, -0.05) is 0 Å². The Morgan fingerprint density at radius 2 is 1.67 bits per heavy atom. The topological polar surface area (TPSA) is 298 Å². The fraction of sp³-hybridized carbons (Fsp3) is 0.550. The van der Waals surface area contributed by atoms with Crippen molar-refractivity contribution >= 4 is 49.4 Å². The Hall–Kier alpha value is -2.66. The number of anilines is 1. The summed E-state index contributed by atoms with van der Waals surface area (Å²) >= 11 is 0.804. The smallest absolute Gasteiger partial charge is 0.387 e. The molecule has 1 amide bonds. The van der Waals surface area contributed by atoms with Gasteiger partial charge in [0.05, 0.1) is 19.5 Å². The number of nitrogens with zero attached hydrogens (tertiary/aromatic N) is 5. The first-order valence-corrected chi connectivity index (χ1v) is 16.5. The van der Waals surface area contributed by atoms with Gasteiger partial charge in [0.15, 0.2) is 23.9 Å². The molecule has 45 heavy (non-hydrogen) atoms. The number of primary amides is 1. The molecule has 0 spiro atoms. The van der Waals surface area contributed by atoms with E-state index in [1.807, 2.05) is 0 Å². The van der Waals surface area contributed by atoms with Crippen LogP contribution in [0, 0.1) is 0 Å². The minimum Gasteiger partial charge on any atom is -0.387 e. The molecule has 25 heteroatoms. The van der Waals surface area contributed by atoms with Gasteiger partial charge in [0, 0.05) is 5.38 Å². The van der Waals surface area contributed by atoms with Crippen molar-refractivity contribution in [3.05, 3.63) is 28.7 Å². The Morgan fingerprint density at radius 1 is 1.04 bits per heavy atom. The number of aliphatic hydroxyl groups is 3. The van der Waals surface area contributed by atoms with Gasteiger partial charge in [0.25, 0.3) is 5.91 Å². The molecule has 5 rings (SSSR count). The summed E-state index contributed by atoms with van der Waals surface area (Å²) in [5.41, 5.74) is 10.6. The largest absolute Gasteiger partial charge is 0.443 e. The summed E-state index contributed by atoms with van der Waals surface area (Å²) in [6.45, 7) is -2.65. The summed E-state index contributed by atoms with van der Waals surface area (Å²) in [5, 5.41) is 26.4. The first kappa shape index (κ1) is 33.7. The lowest BCUT2D eigenvalue weighted by atomic mass is 10.1. The second-order valence-electron chi connectivity index (χ2n) is 9.74. The van der Waals surface area contributed by atoms with Gasteiger partial charge < -0.3 is 55.1 Å². The summed E-state index contributed by atoms with van der Waals surface area (Å²) in [5.74, 6) is -0.967. The minimum absolute atomic E-state index is 0.0149. The van der Waals surface area contributed by atoms with E-state index in [0.717, 1.165) is 28.6 Å². The Kier molecular flexibility index (Phi) is 9.12. The van der Waals surface area contributed by atoms with Crippen molar-refractivity contribution < 1.29 is 70.7 Å². The van der Waals surface area contributed by atoms with Crippen LogP contribution in [0.15, 0.2) is 18.0 Å². The quantitative estimate of drug-likeness (QED) is 0.122. The van der Waals surface area contributed by atoms with E-state index < -0.39 is 88.7 Å². The van der Waals surface area contributed by atoms with Gasteiger partial charge in [-0.25, -0.2) is 24.3 Å². The number of fused-ring (bicyclic) bond motifs is 1. The molecular weight excluding hydrogens is 681 g/mol. The predicted molar refractivity (Wildman–Crippen MR) is 141 cm³/mol. The number of nitrogens with two attached hydrogens (primary N) is 2. The molecule has 2 unspecified atom stereocenters. The maximum absolute atomic E-state index is 14.9. The van der Waals surface area contributed by atoms with Crippen LogP contribution in [-0.4, -0.2) is 111 Å². The van der Waals surface area contributed by atoms with Crippen LogP contribution in [0.5, 0.6) is 0 Å². The zero-order chi connectivity index (χ0) is 33.1. The summed E-state index contributed by atoms with van der Waals surface area (Å²) < 4.78 is 90.0. The number of hydrogen-bond donors (Lipinski definition) is 7. The van der Waals surface area contributed by atoms with E-state index in [2.05, 4.69) is 29.0 Å². The molecule has 5 heterocycles. The first-order valence-electron chi connectivity index (χ1n) is 12.5. The molecule has 0 radical (unpaired) electrons. The van der Waals surface area contributed by atoms with Crippen molar-refractivity contribution in [2.45, 2.75) is 54.4 Å². The number of rotatable bonds is 11. The van der Waals surface area contributed by atoms with Gasteiger partial charge in [-0.2, -0.15) is 8.78 Å². The molecule has 0 bridgehead atoms. The number of aromatic nitrogens is 5. The fourth-order valence-corrected chi connectivity index (χ4v) is 7.92. The van der Waals surface area contributed by atoms with Gasteiger partial charge >= 0.3 is 20.6 Å². The SMILES string of the molecule is NC(=O)c1csc([C@@H]2O[C@H](COP(=O)(O)C(F)(F)P(=O)(O)OC[C@@H]3O[C@H](n4cnc5c(N)ncnc54)[C@H](F)[C@H]3O)[C@@H](O)[C@H]2O)n1. The zero-order valence-corrected chi connectivity index (χ0v) is 24.8. The van der Waals surface area contributed by atoms with Gasteiger partial charge in [0.1, 0.15) is 59.2 Å². The van der Waals surface area contributed by atoms with Crippen LogP contribution < -0.4 is 11.5 Å². The minimum atomic E-state index is -6.44. The third-order valence-corrected chi connectivity index (χ3v) is 11.6. The van der Waals surface area contributed by atoms with Gasteiger partial charge in [-0.05, 0) is 0 Å². The molecule has 19 nitrogen and oxygen atoms in total. The highest BCUT2D eigenvalue weighted by atomic mass is 32.1. The number of halogens is 3. The van der Waals surface area contributed by atoms with E-state index in [4.69, 9.17) is 20.9 Å². The van der Waals surface area contributed by atoms with Crippen LogP contribution >= 0.6 is 26.5 Å². The molecule has 0 aromatic carbocycles. The number of aliphatic hydroxyl groups excluding tert-OH is 3. The highest BCUT2D eigenvalue weighted by molar-refractivity contribution is 7.72. The molecule has 248 valence electrons. The zero-order valence-electron chi connectivity index (χ0n) is 22.2. The molecule has 2 aliphatic rings. The molecule has 2 aliphatic heterocycles. The first-order chi connectivity index (χ1) is 21.0. The molecule has 10 atom stereocenters. The van der Waals surface area contributed by atoms with Crippen LogP contribution in [0.3, 0.4) is 0 Å². The van der Waals surface area contributed by atoms with Gasteiger partial charge in [-0.15, -0.1) is 11.3 Å². The second-order valence-corrected chi connectivity index (χ2v) is 14.7. The highest BCUT2D eigenvalue weighted by Gasteiger charge is 2.67. The highest BCUT2D eigenvalue weighted by Crippen LogP contribution is 2.75. The average Bonchev–Trinajstić information content (AvgIpc) is 3.75. The molecule has 0 aliphatic carbocycles. The molecule has 2 saturated heterocycles. The number of thiazole rings is 1. The van der Waals surface area contributed by atoms with Crippen molar-refractivity contribution in [2.24, 2.45) is 5.73 Å². The molecule has 3 aromatic rings. The number of ether oxygens (including phenoxy) is 2. The van der Waals surface area contributed by atoms with Crippen molar-refractivity contribution in [1.29, 1.82) is 0 Å². The van der Waals surface area contributed by atoms with Crippen LogP contribution in [0.25, 0.3) is 11.2 Å². The standard InChI is InChI=1S/C20H24F3N7O12P2S/c21-9-11(31)7(42-19(9)30-5-28-10-15(24)26-4-27-17(10)30)1-39-43(35,36)20(22,23)44(37,38)40-2-8-12(32)13(33)14(41-8)18-29-6(3-45-18)16(25)34/h3-5,7-9,11-14,19,31-33H,1-2H2,(H2,25,34)(H,35,36)(H,37,38)(H2,24,26,27)/t7-,8+,9+,11-,12+,13+,14+,19-/m0/s1. The summed E-state index contributed by atoms with van der Waals surface area (Å²) in [6.07, 6.45) is -12.5. The third kappa shape index (κ3) is 5.99. The van der Waals surface area contributed by atoms with Crippen LogP contribution in [0.1, 0.15) is 27.8 Å². The number of carbonyl (C=O) groups excluding carboxylic acids is 1. The Labute approximate surface area is 252 Å². The maximum atomic E-state index is 14.9. The van der Waals surface area contributed by atoms with Gasteiger partial charge in [0.2, 0.25) is 0 Å². The monoisotopic (exact) mass is 705 g/mol.